The van der Waals surface area contributed by atoms with Crippen LogP contribution in [0.5, 0.6) is 0 Å². The van der Waals surface area contributed by atoms with E-state index in [4.69, 9.17) is 5.73 Å². The SMILES string of the molecule is CCC(C)N(C)CCC(=O)Nc1ccc(CN)cc1. The summed E-state index contributed by atoms with van der Waals surface area (Å²) in [5.41, 5.74) is 7.42. The predicted molar refractivity (Wildman–Crippen MR) is 80.0 cm³/mol. The number of rotatable bonds is 7. The Labute approximate surface area is 116 Å². The zero-order valence-electron chi connectivity index (χ0n) is 12.1. The highest BCUT2D eigenvalue weighted by Crippen LogP contribution is 2.09. The molecule has 1 aromatic rings. The van der Waals surface area contributed by atoms with Gasteiger partial charge in [0.15, 0.2) is 0 Å². The summed E-state index contributed by atoms with van der Waals surface area (Å²) in [7, 11) is 2.05. The first-order chi connectivity index (χ1) is 9.06. The van der Waals surface area contributed by atoms with E-state index in [1.54, 1.807) is 0 Å². The number of nitrogens with zero attached hydrogens (tertiary/aromatic N) is 1. The minimum atomic E-state index is 0.0515. The van der Waals surface area contributed by atoms with Gasteiger partial charge in [-0.25, -0.2) is 0 Å². The van der Waals surface area contributed by atoms with E-state index in [1.165, 1.54) is 0 Å². The Morgan fingerprint density at radius 2 is 2.00 bits per heavy atom. The molecular weight excluding hydrogens is 238 g/mol. The van der Waals surface area contributed by atoms with Crippen LogP contribution in [0.25, 0.3) is 0 Å². The largest absolute Gasteiger partial charge is 0.326 e. The minimum absolute atomic E-state index is 0.0515. The Hall–Kier alpha value is -1.39. The van der Waals surface area contributed by atoms with Crippen molar-refractivity contribution in [2.24, 2.45) is 5.73 Å². The summed E-state index contributed by atoms with van der Waals surface area (Å²) in [6.07, 6.45) is 1.61. The highest BCUT2D eigenvalue weighted by atomic mass is 16.1. The van der Waals surface area contributed by atoms with Gasteiger partial charge in [-0.1, -0.05) is 19.1 Å². The fraction of sp³-hybridized carbons (Fsp3) is 0.533. The molecule has 0 radical (unpaired) electrons. The van der Waals surface area contributed by atoms with E-state index in [0.717, 1.165) is 24.2 Å². The Bertz CT molecular complexity index is 389. The molecule has 0 saturated heterocycles. The normalized spacial score (nSPS) is 12.5. The van der Waals surface area contributed by atoms with Crippen molar-refractivity contribution in [2.45, 2.75) is 39.3 Å². The molecule has 0 heterocycles. The van der Waals surface area contributed by atoms with E-state index in [0.29, 0.717) is 19.0 Å². The molecule has 4 nitrogen and oxygen atoms in total. The van der Waals surface area contributed by atoms with Crippen LogP contribution >= 0.6 is 0 Å². The fourth-order valence-electron chi connectivity index (χ4n) is 1.76. The van der Waals surface area contributed by atoms with Crippen molar-refractivity contribution in [2.75, 3.05) is 18.9 Å². The maximum absolute atomic E-state index is 11.8. The molecule has 0 aliphatic carbocycles. The molecule has 1 aromatic carbocycles. The first-order valence-electron chi connectivity index (χ1n) is 6.86. The Balaban J connectivity index is 2.38. The first-order valence-corrected chi connectivity index (χ1v) is 6.86. The van der Waals surface area contributed by atoms with Crippen molar-refractivity contribution in [3.8, 4) is 0 Å². The summed E-state index contributed by atoms with van der Waals surface area (Å²) in [6.45, 7) is 5.62. The first kappa shape index (κ1) is 15.7. The van der Waals surface area contributed by atoms with Crippen LogP contribution in [-0.4, -0.2) is 30.4 Å². The molecule has 1 amide bonds. The third kappa shape index (κ3) is 5.41. The number of benzene rings is 1. The van der Waals surface area contributed by atoms with Gasteiger partial charge in [-0.3, -0.25) is 4.79 Å². The summed E-state index contributed by atoms with van der Waals surface area (Å²) < 4.78 is 0. The molecule has 4 heteroatoms. The Kier molecular flexibility index (Phi) is 6.53. The van der Waals surface area contributed by atoms with E-state index in [2.05, 4.69) is 31.1 Å². The van der Waals surface area contributed by atoms with Crippen molar-refractivity contribution in [3.05, 3.63) is 29.8 Å². The van der Waals surface area contributed by atoms with Gasteiger partial charge >= 0.3 is 0 Å². The lowest BCUT2D eigenvalue weighted by molar-refractivity contribution is -0.116. The molecule has 19 heavy (non-hydrogen) atoms. The van der Waals surface area contributed by atoms with Gasteiger partial charge in [0.25, 0.3) is 0 Å². The molecule has 0 aliphatic heterocycles. The Morgan fingerprint density at radius 1 is 1.37 bits per heavy atom. The molecular formula is C15H25N3O. The summed E-state index contributed by atoms with van der Waals surface area (Å²) in [5, 5.41) is 2.90. The average molecular weight is 263 g/mol. The maximum Gasteiger partial charge on any atom is 0.225 e. The molecule has 1 rings (SSSR count). The number of hydrogen-bond acceptors (Lipinski definition) is 3. The third-order valence-corrected chi connectivity index (χ3v) is 3.51. The van der Waals surface area contributed by atoms with Crippen molar-refractivity contribution >= 4 is 11.6 Å². The van der Waals surface area contributed by atoms with Gasteiger partial charge in [0.2, 0.25) is 5.91 Å². The minimum Gasteiger partial charge on any atom is -0.326 e. The number of nitrogens with two attached hydrogens (primary N) is 1. The van der Waals surface area contributed by atoms with Crippen molar-refractivity contribution < 1.29 is 4.79 Å². The molecule has 3 N–H and O–H groups in total. The van der Waals surface area contributed by atoms with Gasteiger partial charge in [-0.2, -0.15) is 0 Å². The summed E-state index contributed by atoms with van der Waals surface area (Å²) >= 11 is 0. The molecule has 0 aromatic heterocycles. The van der Waals surface area contributed by atoms with E-state index in [9.17, 15) is 4.79 Å². The quantitative estimate of drug-likeness (QED) is 0.793. The zero-order chi connectivity index (χ0) is 14.3. The van der Waals surface area contributed by atoms with E-state index in [-0.39, 0.29) is 5.91 Å². The van der Waals surface area contributed by atoms with Gasteiger partial charge in [0.05, 0.1) is 0 Å². The molecule has 0 bridgehead atoms. The van der Waals surface area contributed by atoms with Crippen LogP contribution < -0.4 is 11.1 Å². The van der Waals surface area contributed by atoms with Crippen LogP contribution in [0.15, 0.2) is 24.3 Å². The highest BCUT2D eigenvalue weighted by Gasteiger charge is 2.09. The monoisotopic (exact) mass is 263 g/mol. The fourth-order valence-corrected chi connectivity index (χ4v) is 1.76. The van der Waals surface area contributed by atoms with Gasteiger partial charge in [0, 0.05) is 31.2 Å². The molecule has 0 fully saturated rings. The van der Waals surface area contributed by atoms with Crippen LogP contribution in [0.2, 0.25) is 0 Å². The lowest BCUT2D eigenvalue weighted by Crippen LogP contribution is -2.31. The molecule has 1 atom stereocenters. The third-order valence-electron chi connectivity index (χ3n) is 3.51. The second-order valence-electron chi connectivity index (χ2n) is 4.94. The second-order valence-corrected chi connectivity index (χ2v) is 4.94. The molecule has 106 valence electrons. The standard InChI is InChI=1S/C15H25N3O/c1-4-12(2)18(3)10-9-15(19)17-14-7-5-13(11-16)6-8-14/h5-8,12H,4,9-11,16H2,1-3H3,(H,17,19). The zero-order valence-corrected chi connectivity index (χ0v) is 12.1. The molecule has 1 unspecified atom stereocenters. The Morgan fingerprint density at radius 3 is 2.53 bits per heavy atom. The molecule has 0 spiro atoms. The summed E-state index contributed by atoms with van der Waals surface area (Å²) in [5.74, 6) is 0.0515. The smallest absolute Gasteiger partial charge is 0.225 e. The highest BCUT2D eigenvalue weighted by molar-refractivity contribution is 5.90. The van der Waals surface area contributed by atoms with Crippen LogP contribution in [0, 0.1) is 0 Å². The number of anilines is 1. The lowest BCUT2D eigenvalue weighted by Gasteiger charge is -2.22. The van der Waals surface area contributed by atoms with Crippen LogP contribution in [0.4, 0.5) is 5.69 Å². The summed E-state index contributed by atoms with van der Waals surface area (Å²) in [6, 6.07) is 8.15. The number of carbonyl (C=O) groups excluding carboxylic acids is 1. The number of nitrogens with one attached hydrogen (secondary N) is 1. The molecule has 0 saturated carbocycles. The van der Waals surface area contributed by atoms with Crippen molar-refractivity contribution in [1.82, 2.24) is 4.90 Å². The van der Waals surface area contributed by atoms with E-state index < -0.39 is 0 Å². The predicted octanol–water partition coefficient (Wildman–Crippen LogP) is 2.20. The van der Waals surface area contributed by atoms with Crippen molar-refractivity contribution in [1.29, 1.82) is 0 Å². The molecule has 0 aliphatic rings. The lowest BCUT2D eigenvalue weighted by atomic mass is 10.2. The summed E-state index contributed by atoms with van der Waals surface area (Å²) in [4.78, 5) is 14.0. The van der Waals surface area contributed by atoms with Crippen LogP contribution in [0.1, 0.15) is 32.3 Å². The number of amides is 1. The maximum atomic E-state index is 11.8. The number of carbonyl (C=O) groups is 1. The average Bonchev–Trinajstić information content (AvgIpc) is 2.44. The van der Waals surface area contributed by atoms with Gasteiger partial charge in [0.1, 0.15) is 0 Å². The van der Waals surface area contributed by atoms with Crippen molar-refractivity contribution in [3.63, 3.8) is 0 Å². The van der Waals surface area contributed by atoms with E-state index >= 15 is 0 Å². The topological polar surface area (TPSA) is 58.4 Å². The van der Waals surface area contributed by atoms with Crippen LogP contribution in [-0.2, 0) is 11.3 Å². The second kappa shape index (κ2) is 7.92. The van der Waals surface area contributed by atoms with E-state index in [1.807, 2.05) is 24.3 Å². The number of hydrogen-bond donors (Lipinski definition) is 2. The van der Waals surface area contributed by atoms with Crippen LogP contribution in [0.3, 0.4) is 0 Å². The van der Waals surface area contributed by atoms with Gasteiger partial charge in [-0.15, -0.1) is 0 Å². The van der Waals surface area contributed by atoms with Gasteiger partial charge in [-0.05, 0) is 38.1 Å². The van der Waals surface area contributed by atoms with Gasteiger partial charge < -0.3 is 16.0 Å².